The van der Waals surface area contributed by atoms with Gasteiger partial charge in [-0.1, -0.05) is 30.3 Å². The summed E-state index contributed by atoms with van der Waals surface area (Å²) in [7, 11) is 1.87. The molecule has 2 amide bonds. The molecule has 3 N–H and O–H groups in total. The van der Waals surface area contributed by atoms with Gasteiger partial charge in [0.1, 0.15) is 11.6 Å². The van der Waals surface area contributed by atoms with Gasteiger partial charge in [-0.3, -0.25) is 15.3 Å². The van der Waals surface area contributed by atoms with Crippen molar-refractivity contribution in [3.8, 4) is 5.75 Å². The van der Waals surface area contributed by atoms with E-state index < -0.39 is 0 Å². The number of aliphatic imine (C=N–C) groups is 2. The molecule has 170 valence electrons. The molecule has 0 fully saturated rings. The lowest BCUT2D eigenvalue weighted by molar-refractivity contribution is 0.235. The summed E-state index contributed by atoms with van der Waals surface area (Å²) in [6, 6.07) is 15.3. The predicted octanol–water partition coefficient (Wildman–Crippen LogP) is 4.35. The number of fused-ring (bicyclic) bond motifs is 1. The molecule has 0 aliphatic carbocycles. The second kappa shape index (κ2) is 10.5. The molecule has 0 spiro atoms. The summed E-state index contributed by atoms with van der Waals surface area (Å²) in [5.41, 5.74) is 3.65. The van der Waals surface area contributed by atoms with E-state index in [4.69, 9.17) is 4.99 Å². The first-order chi connectivity index (χ1) is 16.0. The molecule has 4 rings (SSSR count). The summed E-state index contributed by atoms with van der Waals surface area (Å²) in [6.45, 7) is 0.614. The van der Waals surface area contributed by atoms with E-state index in [1.165, 1.54) is 5.56 Å². The first-order valence-corrected chi connectivity index (χ1v) is 11.6. The fourth-order valence-electron chi connectivity index (χ4n) is 3.67. The Labute approximate surface area is 201 Å². The summed E-state index contributed by atoms with van der Waals surface area (Å²) in [4.78, 5) is 23.6. The second-order valence-electron chi connectivity index (χ2n) is 7.89. The largest absolute Gasteiger partial charge is 0.507 e. The van der Waals surface area contributed by atoms with Gasteiger partial charge in [0.25, 0.3) is 0 Å². The molecule has 2 aliphatic rings. The van der Waals surface area contributed by atoms with Crippen LogP contribution >= 0.6 is 15.9 Å². The number of hydrogen-bond acceptors (Lipinski definition) is 5. The molecule has 33 heavy (non-hydrogen) atoms. The van der Waals surface area contributed by atoms with E-state index in [0.717, 1.165) is 30.5 Å². The summed E-state index contributed by atoms with van der Waals surface area (Å²) < 4.78 is 0.595. The van der Waals surface area contributed by atoms with Crippen LogP contribution in [-0.4, -0.2) is 47.7 Å². The fourth-order valence-corrected chi connectivity index (χ4v) is 4.05. The van der Waals surface area contributed by atoms with Crippen LogP contribution in [0, 0.1) is 0 Å². The highest BCUT2D eigenvalue weighted by molar-refractivity contribution is 9.10. The minimum absolute atomic E-state index is 0.169. The molecular weight excluding hydrogens is 482 g/mol. The number of aromatic hydroxyl groups is 1. The molecule has 1 atom stereocenters. The Bertz CT molecular complexity index is 1140. The smallest absolute Gasteiger partial charge is 0.320 e. The van der Waals surface area contributed by atoms with Crippen LogP contribution in [0.4, 0.5) is 4.79 Å². The average Bonchev–Trinajstić information content (AvgIpc) is 2.83. The zero-order valence-corrected chi connectivity index (χ0v) is 19.9. The predicted molar refractivity (Wildman–Crippen MR) is 134 cm³/mol. The maximum absolute atomic E-state index is 12.4. The Kier molecular flexibility index (Phi) is 7.24. The number of phenolic OH excluding ortho intramolecular Hbond substituents is 1. The Morgan fingerprint density at radius 2 is 1.97 bits per heavy atom. The molecule has 0 bridgehead atoms. The number of hydrogen-bond donors (Lipinski definition) is 3. The van der Waals surface area contributed by atoms with Crippen molar-refractivity contribution in [2.75, 3.05) is 13.6 Å². The first-order valence-electron chi connectivity index (χ1n) is 10.9. The van der Waals surface area contributed by atoms with Crippen molar-refractivity contribution in [3.63, 3.8) is 0 Å². The van der Waals surface area contributed by atoms with Crippen LogP contribution in [0.25, 0.3) is 0 Å². The molecule has 8 heteroatoms. The van der Waals surface area contributed by atoms with Gasteiger partial charge in [0.05, 0.1) is 22.1 Å². The number of carbonyl (C=O) groups is 1. The Balaban J connectivity index is 1.30. The van der Waals surface area contributed by atoms with Crippen molar-refractivity contribution in [2.24, 2.45) is 9.98 Å². The minimum Gasteiger partial charge on any atom is -0.507 e. The second-order valence-corrected chi connectivity index (χ2v) is 8.74. The molecule has 7 nitrogen and oxygen atoms in total. The van der Waals surface area contributed by atoms with Gasteiger partial charge in [-0.25, -0.2) is 4.79 Å². The Hall–Kier alpha value is -3.39. The van der Waals surface area contributed by atoms with E-state index in [1.807, 2.05) is 42.3 Å². The van der Waals surface area contributed by atoms with Crippen LogP contribution in [0.2, 0.25) is 0 Å². The van der Waals surface area contributed by atoms with Gasteiger partial charge in [-0.15, -0.1) is 0 Å². The highest BCUT2D eigenvalue weighted by atomic mass is 79.9. The van der Waals surface area contributed by atoms with Crippen molar-refractivity contribution in [1.29, 1.82) is 0 Å². The number of nitrogens with one attached hydrogen (secondary N) is 2. The number of unbranched alkanes of at least 4 members (excludes halogenated alkanes) is 1. The molecular formula is C25H26BrN5O2. The van der Waals surface area contributed by atoms with Gasteiger partial charge >= 0.3 is 6.03 Å². The standard InChI is InChI=1S/C25H26BrN5O2/c1-31-23(30-25(33)27-14-6-5-9-17-7-3-2-4-8-17)13-11-20-24(31)29-21(16-28-20)18-10-12-22(32)19(26)15-18/h2-4,7-8,10-13,15-16,24,32H,5-6,9,14H2,1H3,(H2,27,30,33). The number of aryl methyl sites for hydroxylation is 1. The number of urea groups is 1. The van der Waals surface area contributed by atoms with Gasteiger partial charge in [-0.05, 0) is 71.1 Å². The van der Waals surface area contributed by atoms with E-state index >= 15 is 0 Å². The molecule has 2 aromatic rings. The number of likely N-dealkylation sites (N-methyl/N-ethyl adjacent to an activating group) is 1. The van der Waals surface area contributed by atoms with E-state index in [1.54, 1.807) is 24.4 Å². The zero-order chi connectivity index (χ0) is 23.2. The first kappa shape index (κ1) is 22.8. The van der Waals surface area contributed by atoms with Crippen LogP contribution in [-0.2, 0) is 6.42 Å². The molecule has 2 aromatic carbocycles. The van der Waals surface area contributed by atoms with Crippen LogP contribution in [0.5, 0.6) is 5.75 Å². The number of rotatable bonds is 7. The van der Waals surface area contributed by atoms with E-state index in [0.29, 0.717) is 22.6 Å². The molecule has 0 saturated heterocycles. The van der Waals surface area contributed by atoms with Gasteiger partial charge < -0.3 is 15.3 Å². The minimum atomic E-state index is -0.344. The lowest BCUT2D eigenvalue weighted by Gasteiger charge is -2.33. The number of carbonyl (C=O) groups excluding carboxylic acids is 1. The highest BCUT2D eigenvalue weighted by Crippen LogP contribution is 2.27. The third kappa shape index (κ3) is 5.70. The zero-order valence-electron chi connectivity index (χ0n) is 18.3. The number of benzene rings is 2. The number of amides is 2. The van der Waals surface area contributed by atoms with Crippen molar-refractivity contribution in [3.05, 3.63) is 87.8 Å². The lowest BCUT2D eigenvalue weighted by Crippen LogP contribution is -2.45. The van der Waals surface area contributed by atoms with Crippen LogP contribution < -0.4 is 10.6 Å². The quantitative estimate of drug-likeness (QED) is 0.486. The summed E-state index contributed by atoms with van der Waals surface area (Å²) in [6.07, 6.45) is 8.00. The fraction of sp³-hybridized carbons (Fsp3) is 0.240. The van der Waals surface area contributed by atoms with Crippen LogP contribution in [0.1, 0.15) is 24.0 Å². The van der Waals surface area contributed by atoms with Gasteiger partial charge in [0, 0.05) is 19.2 Å². The summed E-state index contributed by atoms with van der Waals surface area (Å²) in [5.74, 6) is 0.820. The molecule has 2 heterocycles. The molecule has 0 saturated carbocycles. The Morgan fingerprint density at radius 1 is 1.15 bits per heavy atom. The Morgan fingerprint density at radius 3 is 2.76 bits per heavy atom. The maximum Gasteiger partial charge on any atom is 0.320 e. The number of phenols is 1. The number of allylic oxidation sites excluding steroid dienone is 2. The van der Waals surface area contributed by atoms with Gasteiger partial charge in [0.15, 0.2) is 6.17 Å². The monoisotopic (exact) mass is 507 g/mol. The third-order valence-electron chi connectivity index (χ3n) is 5.53. The van der Waals surface area contributed by atoms with Crippen molar-refractivity contribution in [2.45, 2.75) is 25.4 Å². The van der Waals surface area contributed by atoms with E-state index in [2.05, 4.69) is 43.7 Å². The molecule has 2 aliphatic heterocycles. The number of halogens is 1. The maximum atomic E-state index is 12.4. The molecule has 0 aromatic heterocycles. The topological polar surface area (TPSA) is 89.3 Å². The molecule has 1 unspecified atom stereocenters. The third-order valence-corrected chi connectivity index (χ3v) is 6.16. The SMILES string of the molecule is CN1C(NC(=O)NCCCCc2ccccc2)=CC=C2N=CC(c3ccc(O)c(Br)c3)=NC21. The lowest BCUT2D eigenvalue weighted by atomic mass is 10.1. The van der Waals surface area contributed by atoms with Gasteiger partial charge in [-0.2, -0.15) is 0 Å². The summed E-state index contributed by atoms with van der Waals surface area (Å²) in [5, 5.41) is 15.6. The molecule has 0 radical (unpaired) electrons. The summed E-state index contributed by atoms with van der Waals surface area (Å²) >= 11 is 3.34. The normalized spacial score (nSPS) is 17.0. The van der Waals surface area contributed by atoms with Crippen molar-refractivity contribution >= 4 is 33.9 Å². The van der Waals surface area contributed by atoms with Crippen molar-refractivity contribution < 1.29 is 9.90 Å². The van der Waals surface area contributed by atoms with Crippen LogP contribution in [0.3, 0.4) is 0 Å². The highest BCUT2D eigenvalue weighted by Gasteiger charge is 2.27. The van der Waals surface area contributed by atoms with Gasteiger partial charge in [0.2, 0.25) is 0 Å². The van der Waals surface area contributed by atoms with Crippen molar-refractivity contribution in [1.82, 2.24) is 15.5 Å². The van der Waals surface area contributed by atoms with E-state index in [9.17, 15) is 9.90 Å². The van der Waals surface area contributed by atoms with E-state index in [-0.39, 0.29) is 17.9 Å². The average molecular weight is 508 g/mol. The number of nitrogens with zero attached hydrogens (tertiary/aromatic N) is 3. The van der Waals surface area contributed by atoms with Crippen LogP contribution in [0.15, 0.2) is 86.7 Å².